The predicted octanol–water partition coefficient (Wildman–Crippen LogP) is 7.31. The van der Waals surface area contributed by atoms with Crippen LogP contribution < -0.4 is 20.7 Å². The molecule has 0 aliphatic carbocycles. The van der Waals surface area contributed by atoms with Crippen LogP contribution in [0.25, 0.3) is 0 Å². The fourth-order valence-corrected chi connectivity index (χ4v) is 5.59. The maximum absolute atomic E-state index is 14.3. The number of likely N-dealkylation sites (N-methyl/N-ethyl adjacent to an activating group) is 1. The van der Waals surface area contributed by atoms with Crippen molar-refractivity contribution in [3.63, 3.8) is 0 Å². The van der Waals surface area contributed by atoms with Gasteiger partial charge in [-0.1, -0.05) is 25.1 Å². The summed E-state index contributed by atoms with van der Waals surface area (Å²) in [6.07, 6.45) is -3.14. The van der Waals surface area contributed by atoms with Crippen molar-refractivity contribution in [2.24, 2.45) is 5.92 Å². The lowest BCUT2D eigenvalue weighted by molar-refractivity contribution is -0.137. The third-order valence-corrected chi connectivity index (χ3v) is 8.61. The average molecular weight is 714 g/mol. The number of hydrogen-bond acceptors (Lipinski definition) is 6. The van der Waals surface area contributed by atoms with Crippen molar-refractivity contribution in [1.82, 2.24) is 9.80 Å². The van der Waals surface area contributed by atoms with Gasteiger partial charge in [-0.25, -0.2) is 9.59 Å². The molecular formula is C37H46F3N5O6. The number of carbonyl (C=O) groups is 3. The van der Waals surface area contributed by atoms with Gasteiger partial charge in [0, 0.05) is 49.7 Å². The number of fused-ring (bicyclic) bond motifs is 1. The van der Waals surface area contributed by atoms with E-state index in [2.05, 4.69) is 16.0 Å². The van der Waals surface area contributed by atoms with Crippen molar-refractivity contribution in [2.75, 3.05) is 49.3 Å². The summed E-state index contributed by atoms with van der Waals surface area (Å²) >= 11 is 0. The van der Waals surface area contributed by atoms with Gasteiger partial charge in [0.2, 0.25) is 0 Å². The summed E-state index contributed by atoms with van der Waals surface area (Å²) in [5.41, 5.74) is 0.540. The van der Waals surface area contributed by atoms with E-state index in [0.29, 0.717) is 36.6 Å². The summed E-state index contributed by atoms with van der Waals surface area (Å²) in [6.45, 7) is 5.81. The van der Waals surface area contributed by atoms with Crippen molar-refractivity contribution < 1.29 is 42.1 Å². The Morgan fingerprint density at radius 3 is 2.27 bits per heavy atom. The molecule has 1 heterocycles. The number of rotatable bonds is 7. The molecule has 3 aromatic rings. The van der Waals surface area contributed by atoms with E-state index in [9.17, 15) is 32.7 Å². The Morgan fingerprint density at radius 1 is 0.961 bits per heavy atom. The van der Waals surface area contributed by atoms with Gasteiger partial charge in [-0.2, -0.15) is 13.2 Å². The van der Waals surface area contributed by atoms with Crippen LogP contribution in [-0.2, 0) is 10.9 Å². The highest BCUT2D eigenvalue weighted by Gasteiger charge is 2.32. The number of amides is 5. The molecule has 0 radical (unpaired) electrons. The molecule has 3 aromatic carbocycles. The van der Waals surface area contributed by atoms with E-state index in [1.54, 1.807) is 56.4 Å². The molecule has 51 heavy (non-hydrogen) atoms. The number of alkyl halides is 3. The van der Waals surface area contributed by atoms with Crippen LogP contribution in [0.2, 0.25) is 0 Å². The Bertz CT molecular complexity index is 1610. The first-order valence-electron chi connectivity index (χ1n) is 16.9. The maximum atomic E-state index is 14.3. The third-order valence-electron chi connectivity index (χ3n) is 8.61. The highest BCUT2D eigenvalue weighted by atomic mass is 19.4. The number of urea groups is 2. The van der Waals surface area contributed by atoms with E-state index in [1.807, 2.05) is 19.9 Å². The number of halogens is 3. The smallest absolute Gasteiger partial charge is 0.416 e. The van der Waals surface area contributed by atoms with Crippen LogP contribution in [-0.4, -0.2) is 84.5 Å². The minimum atomic E-state index is -4.49. The van der Waals surface area contributed by atoms with Crippen LogP contribution in [0, 0.1) is 5.92 Å². The van der Waals surface area contributed by atoms with Crippen molar-refractivity contribution in [1.29, 1.82) is 0 Å². The lowest BCUT2D eigenvalue weighted by Gasteiger charge is -2.35. The Kier molecular flexibility index (Phi) is 13.7. The summed E-state index contributed by atoms with van der Waals surface area (Å²) < 4.78 is 51.5. The van der Waals surface area contributed by atoms with Crippen molar-refractivity contribution >= 4 is 35.0 Å². The van der Waals surface area contributed by atoms with Gasteiger partial charge in [-0.05, 0) is 87.7 Å². The summed E-state index contributed by atoms with van der Waals surface area (Å²) in [6, 6.07) is 16.3. The van der Waals surface area contributed by atoms with E-state index in [-0.39, 0.29) is 43.0 Å². The number of nitrogens with one attached hydrogen (secondary N) is 3. The molecule has 0 bridgehead atoms. The van der Waals surface area contributed by atoms with Crippen LogP contribution in [0.5, 0.6) is 5.75 Å². The van der Waals surface area contributed by atoms with Gasteiger partial charge in [-0.3, -0.25) is 4.79 Å². The zero-order valence-electron chi connectivity index (χ0n) is 29.2. The first-order chi connectivity index (χ1) is 24.2. The second-order valence-electron chi connectivity index (χ2n) is 12.8. The number of benzene rings is 3. The number of aliphatic hydroxyl groups is 1. The van der Waals surface area contributed by atoms with Gasteiger partial charge in [0.25, 0.3) is 5.91 Å². The molecule has 5 amide bonds. The largest absolute Gasteiger partial charge is 0.490 e. The summed E-state index contributed by atoms with van der Waals surface area (Å²) in [5.74, 6) is -0.427. The quantitative estimate of drug-likeness (QED) is 0.203. The molecule has 0 fully saturated rings. The number of aliphatic hydroxyl groups excluding tert-OH is 1. The minimum absolute atomic E-state index is 0.115. The SMILES string of the molecule is C[C@H](CO)N1C[C@H](C)[C@@H](CN(C)C(=O)Nc2ccc(C(F)(F)F)cc2)OCCCC[C@H](C)Oc2ccc(NC(=O)Nc3ccccc3)cc2C1=O. The Balaban J connectivity index is 1.55. The first kappa shape index (κ1) is 39.0. The zero-order valence-corrected chi connectivity index (χ0v) is 29.2. The van der Waals surface area contributed by atoms with Crippen molar-refractivity contribution in [3.05, 3.63) is 83.9 Å². The predicted molar refractivity (Wildman–Crippen MR) is 189 cm³/mol. The van der Waals surface area contributed by atoms with Gasteiger partial charge in [-0.15, -0.1) is 0 Å². The van der Waals surface area contributed by atoms with Crippen molar-refractivity contribution in [2.45, 2.75) is 64.5 Å². The number of carbonyl (C=O) groups excluding carboxylic acids is 3. The number of para-hydroxylation sites is 1. The molecule has 276 valence electrons. The number of hydrogen-bond donors (Lipinski definition) is 4. The summed E-state index contributed by atoms with van der Waals surface area (Å²) in [4.78, 5) is 43.1. The van der Waals surface area contributed by atoms with Gasteiger partial charge in [0.1, 0.15) is 5.75 Å². The van der Waals surface area contributed by atoms with Crippen LogP contribution in [0.15, 0.2) is 72.8 Å². The topological polar surface area (TPSA) is 132 Å². The second kappa shape index (κ2) is 17.9. The fraction of sp³-hybridized carbons (Fsp3) is 0.432. The van der Waals surface area contributed by atoms with Gasteiger partial charge in [0.15, 0.2) is 0 Å². The van der Waals surface area contributed by atoms with Gasteiger partial charge < -0.3 is 40.3 Å². The lowest BCUT2D eigenvalue weighted by atomic mass is 10.0. The molecule has 4 N–H and O–H groups in total. The lowest BCUT2D eigenvalue weighted by Crippen LogP contribution is -2.48. The first-order valence-corrected chi connectivity index (χ1v) is 16.9. The molecular weight excluding hydrogens is 667 g/mol. The fourth-order valence-electron chi connectivity index (χ4n) is 5.59. The number of anilines is 3. The Labute approximate surface area is 296 Å². The van der Waals surface area contributed by atoms with Crippen molar-refractivity contribution in [3.8, 4) is 5.75 Å². The Hall–Kier alpha value is -4.82. The highest BCUT2D eigenvalue weighted by Crippen LogP contribution is 2.31. The number of ether oxygens (including phenoxy) is 2. The third kappa shape index (κ3) is 11.3. The van der Waals surface area contributed by atoms with Gasteiger partial charge >= 0.3 is 18.2 Å². The molecule has 4 rings (SSSR count). The van der Waals surface area contributed by atoms with E-state index in [0.717, 1.165) is 18.6 Å². The van der Waals surface area contributed by atoms with Crippen LogP contribution >= 0.6 is 0 Å². The minimum Gasteiger partial charge on any atom is -0.490 e. The molecule has 0 spiro atoms. The summed E-state index contributed by atoms with van der Waals surface area (Å²) in [7, 11) is 1.55. The molecule has 0 aromatic heterocycles. The van der Waals surface area contributed by atoms with E-state index in [4.69, 9.17) is 9.47 Å². The summed E-state index contributed by atoms with van der Waals surface area (Å²) in [5, 5.41) is 18.3. The second-order valence-corrected chi connectivity index (χ2v) is 12.8. The van der Waals surface area contributed by atoms with Crippen LogP contribution in [0.3, 0.4) is 0 Å². The molecule has 11 nitrogen and oxygen atoms in total. The maximum Gasteiger partial charge on any atom is 0.416 e. The standard InChI is InChI=1S/C37H46F3N5O6/c1-24-21-45(25(2)23-46)34(47)31-20-30(42-35(48)41-28-11-6-5-7-12-28)17-18-32(31)51-26(3)10-8-9-19-50-33(24)22-44(4)36(49)43-29-15-13-27(14-16-29)37(38,39)40/h5-7,11-18,20,24-26,33,46H,8-10,19,21-23H2,1-4H3,(H,43,49)(H2,41,42,48)/t24-,25+,26-,33+/m0/s1. The van der Waals surface area contributed by atoms with Gasteiger partial charge in [0.05, 0.1) is 36.0 Å². The number of nitrogens with zero attached hydrogens (tertiary/aromatic N) is 2. The van der Waals surface area contributed by atoms with E-state index in [1.165, 1.54) is 21.9 Å². The zero-order chi connectivity index (χ0) is 37.1. The van der Waals surface area contributed by atoms with E-state index < -0.39 is 41.9 Å². The molecule has 0 unspecified atom stereocenters. The highest BCUT2D eigenvalue weighted by molar-refractivity contribution is 6.02. The molecule has 4 atom stereocenters. The van der Waals surface area contributed by atoms with Crippen LogP contribution in [0.1, 0.15) is 56.0 Å². The molecule has 0 saturated heterocycles. The normalized spacial score (nSPS) is 19.5. The van der Waals surface area contributed by atoms with Crippen LogP contribution in [0.4, 0.5) is 39.8 Å². The molecule has 14 heteroatoms. The molecule has 1 aliphatic heterocycles. The molecule has 0 saturated carbocycles. The monoisotopic (exact) mass is 713 g/mol. The Morgan fingerprint density at radius 2 is 1.61 bits per heavy atom. The van der Waals surface area contributed by atoms with E-state index >= 15 is 0 Å². The molecule has 1 aliphatic rings. The average Bonchev–Trinajstić information content (AvgIpc) is 3.09.